The van der Waals surface area contributed by atoms with Crippen LogP contribution in [0.1, 0.15) is 0 Å². The van der Waals surface area contributed by atoms with Gasteiger partial charge in [-0.1, -0.05) is 58.9 Å². The lowest BCUT2D eigenvalue weighted by molar-refractivity contribution is 1.58. The van der Waals surface area contributed by atoms with Gasteiger partial charge < -0.3 is 0 Å². The van der Waals surface area contributed by atoms with E-state index in [0.29, 0.717) is 0 Å². The van der Waals surface area contributed by atoms with Crippen molar-refractivity contribution in [1.82, 2.24) is 0 Å². The highest BCUT2D eigenvalue weighted by Gasteiger charge is 2.28. The number of hydrogen-bond donors (Lipinski definition) is 0. The molecule has 0 spiro atoms. The van der Waals surface area contributed by atoms with Crippen molar-refractivity contribution in [2.24, 2.45) is 0 Å². The lowest BCUT2D eigenvalue weighted by Gasteiger charge is -2.19. The van der Waals surface area contributed by atoms with Gasteiger partial charge in [0.15, 0.2) is 0 Å². The fourth-order valence-electron chi connectivity index (χ4n) is 1.67. The third kappa shape index (κ3) is 5.53. The van der Waals surface area contributed by atoms with E-state index in [2.05, 4.69) is 88.1 Å². The van der Waals surface area contributed by atoms with Crippen LogP contribution in [0, 0.1) is 0 Å². The molecule has 0 unspecified atom stereocenters. The van der Waals surface area contributed by atoms with E-state index >= 15 is 0 Å². The van der Waals surface area contributed by atoms with Crippen LogP contribution in [0.4, 0.5) is 0 Å². The number of hydrogen-bond acceptors (Lipinski definition) is 2. The van der Waals surface area contributed by atoms with E-state index in [1.54, 1.807) is 13.9 Å². The second-order valence-corrected chi connectivity index (χ2v) is 27.5. The van der Waals surface area contributed by atoms with Crippen LogP contribution >= 0.6 is 23.1 Å². The summed E-state index contributed by atoms with van der Waals surface area (Å²) in [5.74, 6) is 0. The van der Waals surface area contributed by atoms with Gasteiger partial charge in [0.25, 0.3) is 0 Å². The fourth-order valence-corrected chi connectivity index (χ4v) is 11.3. The highest BCUT2D eigenvalue weighted by Crippen LogP contribution is 2.26. The standard InChI is InChI=1S/C14H30S2Si3/c1-17(2,3)11-15-12-10-13(18(4,5)6)16-14(12)19(7,8)9/h10H,11H2,1-9H3. The zero-order chi connectivity index (χ0) is 15.1. The summed E-state index contributed by atoms with van der Waals surface area (Å²) < 4.78 is 3.44. The summed E-state index contributed by atoms with van der Waals surface area (Å²) in [4.78, 5) is 1.63. The van der Waals surface area contributed by atoms with Gasteiger partial charge >= 0.3 is 0 Å². The lowest BCUT2D eigenvalue weighted by Crippen LogP contribution is -2.38. The third-order valence-corrected chi connectivity index (χ3v) is 16.1. The quantitative estimate of drug-likeness (QED) is 0.544. The monoisotopic (exact) mass is 346 g/mol. The van der Waals surface area contributed by atoms with Crippen molar-refractivity contribution in [3.63, 3.8) is 0 Å². The summed E-state index contributed by atoms with van der Waals surface area (Å²) in [5, 5.41) is 1.35. The van der Waals surface area contributed by atoms with Gasteiger partial charge in [-0.15, -0.1) is 11.8 Å². The van der Waals surface area contributed by atoms with E-state index in [1.165, 1.54) is 5.38 Å². The summed E-state index contributed by atoms with van der Waals surface area (Å²) >= 11 is 4.29. The molecule has 0 aromatic carbocycles. The van der Waals surface area contributed by atoms with E-state index in [1.807, 2.05) is 0 Å². The van der Waals surface area contributed by atoms with E-state index in [0.717, 1.165) is 0 Å². The van der Waals surface area contributed by atoms with Gasteiger partial charge in [0.05, 0.1) is 24.2 Å². The molecule has 5 heteroatoms. The van der Waals surface area contributed by atoms with E-state index in [-0.39, 0.29) is 0 Å². The molecule has 0 nitrogen and oxygen atoms in total. The molecule has 0 aliphatic carbocycles. The Hall–Kier alpha value is 0.701. The molecule has 0 fully saturated rings. The van der Waals surface area contributed by atoms with Gasteiger partial charge in [-0.2, -0.15) is 11.3 Å². The Kier molecular flexibility index (Phi) is 5.45. The zero-order valence-corrected chi connectivity index (χ0v) is 18.7. The van der Waals surface area contributed by atoms with E-state index < -0.39 is 24.2 Å². The average Bonchev–Trinajstić information content (AvgIpc) is 2.55. The van der Waals surface area contributed by atoms with Gasteiger partial charge in [0, 0.05) is 9.40 Å². The topological polar surface area (TPSA) is 0 Å². The van der Waals surface area contributed by atoms with Crippen molar-refractivity contribution in [3.05, 3.63) is 6.07 Å². The van der Waals surface area contributed by atoms with Gasteiger partial charge in [0.2, 0.25) is 0 Å². The molecule has 0 N–H and O–H groups in total. The number of rotatable bonds is 5. The van der Waals surface area contributed by atoms with E-state index in [4.69, 9.17) is 0 Å². The van der Waals surface area contributed by atoms with Crippen LogP contribution in [0.25, 0.3) is 0 Å². The molecule has 1 heterocycles. The van der Waals surface area contributed by atoms with Crippen LogP contribution in [0.2, 0.25) is 58.9 Å². The van der Waals surface area contributed by atoms with Gasteiger partial charge in [-0.3, -0.25) is 0 Å². The highest BCUT2D eigenvalue weighted by atomic mass is 32.2. The van der Waals surface area contributed by atoms with Crippen LogP contribution in [0.5, 0.6) is 0 Å². The van der Waals surface area contributed by atoms with Crippen LogP contribution in [0.3, 0.4) is 0 Å². The Bertz CT molecular complexity index is 431. The average molecular weight is 347 g/mol. The Labute approximate surface area is 131 Å². The van der Waals surface area contributed by atoms with Crippen molar-refractivity contribution in [1.29, 1.82) is 0 Å². The van der Waals surface area contributed by atoms with Gasteiger partial charge in [-0.25, -0.2) is 0 Å². The van der Waals surface area contributed by atoms with Crippen molar-refractivity contribution < 1.29 is 0 Å². The van der Waals surface area contributed by atoms with Crippen molar-refractivity contribution in [3.8, 4) is 0 Å². The van der Waals surface area contributed by atoms with Crippen LogP contribution in [-0.2, 0) is 0 Å². The largest absolute Gasteiger partial charge is 0.154 e. The molecule has 0 saturated heterocycles. The maximum Gasteiger partial charge on any atom is 0.0918 e. The zero-order valence-electron chi connectivity index (χ0n) is 14.1. The number of thiophene rings is 1. The fraction of sp³-hybridized carbons (Fsp3) is 0.714. The molecule has 0 aliphatic heterocycles. The third-order valence-electron chi connectivity index (χ3n) is 2.78. The molecule has 0 amide bonds. The minimum Gasteiger partial charge on any atom is -0.154 e. The Balaban J connectivity index is 3.11. The first-order valence-electron chi connectivity index (χ1n) is 7.08. The predicted molar refractivity (Wildman–Crippen MR) is 104 cm³/mol. The van der Waals surface area contributed by atoms with Gasteiger partial charge in [-0.05, 0) is 15.9 Å². The van der Waals surface area contributed by atoms with Crippen LogP contribution in [-0.4, -0.2) is 29.6 Å². The molecule has 0 bridgehead atoms. The predicted octanol–water partition coefficient (Wildman–Crippen LogP) is 4.81. The summed E-state index contributed by atoms with van der Waals surface area (Å²) in [7, 11) is -3.32. The first-order chi connectivity index (χ1) is 8.31. The molecule has 0 aliphatic rings. The summed E-state index contributed by atoms with van der Waals surface area (Å²) in [6.07, 6.45) is 0. The molecule has 0 atom stereocenters. The summed E-state index contributed by atoms with van der Waals surface area (Å²) in [6, 6.07) is 2.55. The SMILES string of the molecule is C[Si](C)(C)CSc1cc([Si](C)(C)C)sc1[Si](C)(C)C. The minimum atomic E-state index is -1.20. The minimum absolute atomic E-state index is 0.964. The molecule has 0 saturated carbocycles. The van der Waals surface area contributed by atoms with E-state index in [9.17, 15) is 0 Å². The molecular formula is C14H30S2Si3. The van der Waals surface area contributed by atoms with Crippen LogP contribution < -0.4 is 9.00 Å². The Morgan fingerprint density at radius 3 is 1.79 bits per heavy atom. The molecular weight excluding hydrogens is 317 g/mol. The maximum atomic E-state index is 2.55. The Morgan fingerprint density at radius 1 is 0.895 bits per heavy atom. The van der Waals surface area contributed by atoms with Crippen molar-refractivity contribution >= 4 is 56.3 Å². The molecule has 0 radical (unpaired) electrons. The molecule has 1 aromatic heterocycles. The second kappa shape index (κ2) is 5.83. The van der Waals surface area contributed by atoms with Gasteiger partial charge in [0.1, 0.15) is 0 Å². The van der Waals surface area contributed by atoms with Crippen LogP contribution in [0.15, 0.2) is 11.0 Å². The number of thioether (sulfide) groups is 1. The molecule has 110 valence electrons. The first kappa shape index (κ1) is 17.8. The molecule has 1 rings (SSSR count). The first-order valence-corrected chi connectivity index (χ1v) is 19.6. The maximum absolute atomic E-state index is 2.55. The summed E-state index contributed by atoms with van der Waals surface area (Å²) in [5.41, 5.74) is 0. The summed E-state index contributed by atoms with van der Waals surface area (Å²) in [6.45, 7) is 22.3. The smallest absolute Gasteiger partial charge is 0.0918 e. The Morgan fingerprint density at radius 2 is 1.42 bits per heavy atom. The normalized spacial score (nSPS) is 13.9. The van der Waals surface area contributed by atoms with Crippen molar-refractivity contribution in [2.75, 3.05) is 5.38 Å². The van der Waals surface area contributed by atoms with Crippen molar-refractivity contribution in [2.45, 2.75) is 63.8 Å². The molecule has 1 aromatic rings. The molecule has 19 heavy (non-hydrogen) atoms. The highest BCUT2D eigenvalue weighted by molar-refractivity contribution is 8.01. The second-order valence-electron chi connectivity index (χ2n) is 8.65. The lowest BCUT2D eigenvalue weighted by atomic mass is 10.7.